The molecule has 4 aromatic rings. The van der Waals surface area contributed by atoms with Crippen molar-refractivity contribution in [3.05, 3.63) is 53.7 Å². The number of aromatic nitrogens is 3. The number of imidazole rings is 1. The molecule has 0 spiro atoms. The van der Waals surface area contributed by atoms with Gasteiger partial charge in [0.05, 0.1) is 21.6 Å². The van der Waals surface area contributed by atoms with Crippen LogP contribution < -0.4 is 0 Å². The summed E-state index contributed by atoms with van der Waals surface area (Å²) in [6.45, 7) is 0. The zero-order chi connectivity index (χ0) is 14.9. The Hall–Kier alpha value is -2.05. The fourth-order valence-corrected chi connectivity index (χ4v) is 3.80. The smallest absolute Gasteiger partial charge is 0.236 e. The Morgan fingerprint density at radius 2 is 2.09 bits per heavy atom. The van der Waals surface area contributed by atoms with Crippen LogP contribution in [-0.4, -0.2) is 14.5 Å². The minimum absolute atomic E-state index is 0.690. The molecule has 0 aliphatic heterocycles. The lowest BCUT2D eigenvalue weighted by atomic mass is 10.3. The number of oxazole rings is 1. The van der Waals surface area contributed by atoms with Crippen LogP contribution in [0.15, 0.2) is 57.6 Å². The van der Waals surface area contributed by atoms with E-state index in [1.807, 2.05) is 42.8 Å². The van der Waals surface area contributed by atoms with E-state index in [0.29, 0.717) is 5.89 Å². The number of benzene rings is 1. The van der Waals surface area contributed by atoms with Crippen molar-refractivity contribution >= 4 is 34.1 Å². The van der Waals surface area contributed by atoms with Crippen LogP contribution in [-0.2, 0) is 12.8 Å². The number of hydrogen-bond donors (Lipinski definition) is 0. The van der Waals surface area contributed by atoms with E-state index in [0.717, 1.165) is 32.5 Å². The molecule has 6 heteroatoms. The number of rotatable bonds is 4. The Kier molecular flexibility index (Phi) is 3.48. The lowest BCUT2D eigenvalue weighted by Crippen LogP contribution is -1.91. The Morgan fingerprint density at radius 1 is 1.18 bits per heavy atom. The Balaban J connectivity index is 1.53. The van der Waals surface area contributed by atoms with Gasteiger partial charge >= 0.3 is 0 Å². The van der Waals surface area contributed by atoms with Crippen LogP contribution in [0.3, 0.4) is 0 Å². The maximum absolute atomic E-state index is 5.55. The summed E-state index contributed by atoms with van der Waals surface area (Å²) in [5.74, 6) is 1.43. The van der Waals surface area contributed by atoms with Crippen LogP contribution in [0.1, 0.15) is 5.69 Å². The van der Waals surface area contributed by atoms with Gasteiger partial charge in [0.2, 0.25) is 5.89 Å². The number of fused-ring (bicyclic) bond motifs is 1. The second-order valence-electron chi connectivity index (χ2n) is 4.85. The third-order valence-electron chi connectivity index (χ3n) is 3.38. The molecule has 4 rings (SSSR count). The third kappa shape index (κ3) is 2.44. The number of hydrogen-bond acceptors (Lipinski definition) is 5. The van der Waals surface area contributed by atoms with Crippen molar-refractivity contribution in [2.24, 2.45) is 7.05 Å². The normalized spacial score (nSPS) is 11.3. The Morgan fingerprint density at radius 3 is 2.91 bits per heavy atom. The van der Waals surface area contributed by atoms with E-state index in [4.69, 9.17) is 4.42 Å². The van der Waals surface area contributed by atoms with Gasteiger partial charge in [-0.05, 0) is 23.6 Å². The molecule has 0 radical (unpaired) electrons. The predicted octanol–water partition coefficient (Wildman–Crippen LogP) is 4.58. The van der Waals surface area contributed by atoms with Gasteiger partial charge in [0.1, 0.15) is 6.26 Å². The maximum Gasteiger partial charge on any atom is 0.236 e. The second-order valence-corrected chi connectivity index (χ2v) is 6.74. The van der Waals surface area contributed by atoms with Crippen molar-refractivity contribution in [2.75, 3.05) is 0 Å². The Labute approximate surface area is 135 Å². The largest absolute Gasteiger partial charge is 0.444 e. The van der Waals surface area contributed by atoms with Crippen molar-refractivity contribution in [1.29, 1.82) is 0 Å². The van der Waals surface area contributed by atoms with Crippen LogP contribution in [0.4, 0.5) is 0 Å². The average molecular weight is 327 g/mol. The zero-order valence-corrected chi connectivity index (χ0v) is 13.5. The van der Waals surface area contributed by atoms with E-state index in [-0.39, 0.29) is 0 Å². The van der Waals surface area contributed by atoms with E-state index in [1.54, 1.807) is 29.4 Å². The van der Waals surface area contributed by atoms with Gasteiger partial charge in [0.25, 0.3) is 0 Å². The summed E-state index contributed by atoms with van der Waals surface area (Å²) in [7, 11) is 2.04. The standard InChI is InChI=1S/C16H13N3OS2/c1-19-13-6-3-2-5-12(13)18-16(19)22-10-11-9-20-15(17-11)14-7-4-8-21-14/h2-9H,10H2,1H3. The molecular formula is C16H13N3OS2. The first kappa shape index (κ1) is 13.6. The number of thiophene rings is 1. The number of para-hydroxylation sites is 2. The molecule has 110 valence electrons. The molecule has 0 unspecified atom stereocenters. The van der Waals surface area contributed by atoms with E-state index in [1.165, 1.54) is 0 Å². The van der Waals surface area contributed by atoms with E-state index >= 15 is 0 Å². The highest BCUT2D eigenvalue weighted by atomic mass is 32.2. The summed E-state index contributed by atoms with van der Waals surface area (Å²) in [5, 5.41) is 3.01. The van der Waals surface area contributed by atoms with Crippen LogP contribution in [0, 0.1) is 0 Å². The molecule has 0 amide bonds. The molecule has 0 aliphatic carbocycles. The highest BCUT2D eigenvalue weighted by Crippen LogP contribution is 2.28. The summed E-state index contributed by atoms with van der Waals surface area (Å²) in [6, 6.07) is 12.2. The van der Waals surface area contributed by atoms with E-state index in [9.17, 15) is 0 Å². The van der Waals surface area contributed by atoms with Crippen molar-refractivity contribution < 1.29 is 4.42 Å². The first-order chi connectivity index (χ1) is 10.8. The van der Waals surface area contributed by atoms with Crippen molar-refractivity contribution in [3.63, 3.8) is 0 Å². The SMILES string of the molecule is Cn1c(SCc2coc(-c3cccs3)n2)nc2ccccc21. The second kappa shape index (κ2) is 5.62. The van der Waals surface area contributed by atoms with Crippen LogP contribution >= 0.6 is 23.1 Å². The fraction of sp³-hybridized carbons (Fsp3) is 0.125. The van der Waals surface area contributed by atoms with E-state index in [2.05, 4.69) is 20.6 Å². The molecule has 0 saturated carbocycles. The summed E-state index contributed by atoms with van der Waals surface area (Å²) in [4.78, 5) is 10.2. The molecule has 3 aromatic heterocycles. The summed E-state index contributed by atoms with van der Waals surface area (Å²) in [6.07, 6.45) is 1.73. The zero-order valence-electron chi connectivity index (χ0n) is 11.9. The van der Waals surface area contributed by atoms with E-state index < -0.39 is 0 Å². The minimum atomic E-state index is 0.690. The number of nitrogens with zero attached hydrogens (tertiary/aromatic N) is 3. The molecular weight excluding hydrogens is 314 g/mol. The number of thioether (sulfide) groups is 1. The van der Waals surface area contributed by atoms with Crippen LogP contribution in [0.2, 0.25) is 0 Å². The van der Waals surface area contributed by atoms with Gasteiger partial charge in [0, 0.05) is 12.8 Å². The summed E-state index contributed by atoms with van der Waals surface area (Å²) in [5.41, 5.74) is 3.09. The highest BCUT2D eigenvalue weighted by molar-refractivity contribution is 7.98. The summed E-state index contributed by atoms with van der Waals surface area (Å²) >= 11 is 3.30. The molecule has 0 saturated heterocycles. The van der Waals surface area contributed by atoms with Gasteiger partial charge in [-0.15, -0.1) is 11.3 Å². The molecule has 3 heterocycles. The van der Waals surface area contributed by atoms with Crippen molar-refractivity contribution in [3.8, 4) is 10.8 Å². The average Bonchev–Trinajstić information content (AvgIpc) is 3.26. The molecule has 0 N–H and O–H groups in total. The monoisotopic (exact) mass is 327 g/mol. The Bertz CT molecular complexity index is 909. The van der Waals surface area contributed by atoms with Gasteiger partial charge in [-0.2, -0.15) is 0 Å². The van der Waals surface area contributed by atoms with Gasteiger partial charge < -0.3 is 8.98 Å². The van der Waals surface area contributed by atoms with Gasteiger partial charge in [0.15, 0.2) is 5.16 Å². The van der Waals surface area contributed by atoms with Gasteiger partial charge in [-0.25, -0.2) is 9.97 Å². The summed E-state index contributed by atoms with van der Waals surface area (Å²) < 4.78 is 7.66. The molecule has 22 heavy (non-hydrogen) atoms. The van der Waals surface area contributed by atoms with Crippen LogP contribution in [0.25, 0.3) is 21.8 Å². The molecule has 1 aromatic carbocycles. The van der Waals surface area contributed by atoms with Crippen molar-refractivity contribution in [2.45, 2.75) is 10.9 Å². The maximum atomic E-state index is 5.55. The third-order valence-corrected chi connectivity index (χ3v) is 5.30. The molecule has 4 nitrogen and oxygen atoms in total. The lowest BCUT2D eigenvalue weighted by molar-refractivity contribution is 0.575. The quantitative estimate of drug-likeness (QED) is 0.515. The minimum Gasteiger partial charge on any atom is -0.444 e. The highest BCUT2D eigenvalue weighted by Gasteiger charge is 2.11. The van der Waals surface area contributed by atoms with Gasteiger partial charge in [-0.3, -0.25) is 0 Å². The molecule has 0 bridgehead atoms. The topological polar surface area (TPSA) is 43.9 Å². The molecule has 0 aliphatic rings. The fourth-order valence-electron chi connectivity index (χ4n) is 2.28. The first-order valence-corrected chi connectivity index (χ1v) is 8.70. The van der Waals surface area contributed by atoms with Crippen LogP contribution in [0.5, 0.6) is 0 Å². The molecule has 0 fully saturated rings. The van der Waals surface area contributed by atoms with Crippen molar-refractivity contribution in [1.82, 2.24) is 14.5 Å². The molecule has 0 atom stereocenters. The van der Waals surface area contributed by atoms with Gasteiger partial charge in [-0.1, -0.05) is 30.0 Å². The lowest BCUT2D eigenvalue weighted by Gasteiger charge is -1.99. The predicted molar refractivity (Wildman–Crippen MR) is 90.1 cm³/mol. The number of aryl methyl sites for hydroxylation is 1. The first-order valence-electron chi connectivity index (χ1n) is 6.84.